The monoisotopic (exact) mass is 440 g/mol. The lowest BCUT2D eigenvalue weighted by atomic mass is 10.0. The van der Waals surface area contributed by atoms with Crippen molar-refractivity contribution in [1.82, 2.24) is 14.9 Å². The summed E-state index contributed by atoms with van der Waals surface area (Å²) in [6.07, 6.45) is 2.61. The fraction of sp³-hybridized carbons (Fsp3) is 0.500. The third-order valence-corrected chi connectivity index (χ3v) is 6.02. The molecule has 0 N–H and O–H groups in total. The van der Waals surface area contributed by atoms with Gasteiger partial charge in [0, 0.05) is 24.2 Å². The summed E-state index contributed by atoms with van der Waals surface area (Å²) in [4.78, 5) is 38.6. The maximum atomic E-state index is 13.3. The number of benzene rings is 1. The van der Waals surface area contributed by atoms with Crippen LogP contribution in [0.5, 0.6) is 0 Å². The molecule has 0 radical (unpaired) electrons. The Labute approximate surface area is 187 Å². The van der Waals surface area contributed by atoms with Gasteiger partial charge in [-0.3, -0.25) is 14.5 Å². The second-order valence-electron chi connectivity index (χ2n) is 8.68. The van der Waals surface area contributed by atoms with Crippen molar-refractivity contribution in [1.29, 1.82) is 0 Å². The molecule has 1 saturated heterocycles. The topological polar surface area (TPSA) is 75.6 Å². The summed E-state index contributed by atoms with van der Waals surface area (Å²) in [6.45, 7) is 6.72. The molecule has 1 aromatic heterocycles. The first kappa shape index (κ1) is 22.3. The molecule has 1 aromatic carbocycles. The molecule has 2 aromatic rings. The van der Waals surface area contributed by atoms with Crippen molar-refractivity contribution in [3.8, 4) is 0 Å². The number of amides is 2. The SMILES string of the molecule is Cc1nc([C@@H]2CCCN2C(=O)COC(C)C)nc2c1CCC(=O)N2Cc1ccc(F)cc1. The van der Waals surface area contributed by atoms with Crippen LogP contribution in [0.15, 0.2) is 24.3 Å². The Bertz CT molecular complexity index is 1010. The van der Waals surface area contributed by atoms with Crippen LogP contribution in [0, 0.1) is 12.7 Å². The molecule has 32 heavy (non-hydrogen) atoms. The average molecular weight is 441 g/mol. The van der Waals surface area contributed by atoms with Crippen molar-refractivity contribution < 1.29 is 18.7 Å². The summed E-state index contributed by atoms with van der Waals surface area (Å²) in [5, 5.41) is 0. The second-order valence-corrected chi connectivity index (χ2v) is 8.68. The van der Waals surface area contributed by atoms with E-state index in [-0.39, 0.29) is 36.4 Å². The number of ether oxygens (including phenoxy) is 1. The molecule has 3 heterocycles. The maximum Gasteiger partial charge on any atom is 0.249 e. The van der Waals surface area contributed by atoms with Crippen LogP contribution in [-0.4, -0.2) is 45.9 Å². The molecule has 0 bridgehead atoms. The standard InChI is InChI=1S/C24H29FN4O3/c1-15(2)32-14-22(31)28-12-4-5-20(28)23-26-16(3)19-10-11-21(30)29(24(19)27-23)13-17-6-8-18(25)9-7-17/h6-9,15,20H,4-5,10-14H2,1-3H3/t20-/m0/s1. The van der Waals surface area contributed by atoms with Crippen molar-refractivity contribution in [2.75, 3.05) is 18.1 Å². The predicted molar refractivity (Wildman–Crippen MR) is 117 cm³/mol. The van der Waals surface area contributed by atoms with Crippen molar-refractivity contribution in [2.45, 2.75) is 65.1 Å². The van der Waals surface area contributed by atoms with E-state index in [2.05, 4.69) is 0 Å². The molecule has 1 fully saturated rings. The van der Waals surface area contributed by atoms with Gasteiger partial charge in [0.1, 0.15) is 18.2 Å². The lowest BCUT2D eigenvalue weighted by Crippen LogP contribution is -2.38. The Morgan fingerprint density at radius 3 is 2.69 bits per heavy atom. The Balaban J connectivity index is 1.64. The minimum Gasteiger partial charge on any atom is -0.369 e. The van der Waals surface area contributed by atoms with E-state index in [4.69, 9.17) is 14.7 Å². The molecular formula is C24H29FN4O3. The number of hydrogen-bond acceptors (Lipinski definition) is 5. The fourth-order valence-electron chi connectivity index (χ4n) is 4.34. The van der Waals surface area contributed by atoms with Crippen molar-refractivity contribution in [3.63, 3.8) is 0 Å². The van der Waals surface area contributed by atoms with Gasteiger partial charge in [-0.1, -0.05) is 12.1 Å². The van der Waals surface area contributed by atoms with E-state index in [1.54, 1.807) is 21.9 Å². The number of likely N-dealkylation sites (tertiary alicyclic amines) is 1. The van der Waals surface area contributed by atoms with Crippen LogP contribution in [0.2, 0.25) is 0 Å². The van der Waals surface area contributed by atoms with E-state index in [1.807, 2.05) is 20.8 Å². The molecule has 0 aliphatic carbocycles. The van der Waals surface area contributed by atoms with E-state index < -0.39 is 0 Å². The molecule has 0 saturated carbocycles. The lowest BCUT2D eigenvalue weighted by Gasteiger charge is -2.31. The van der Waals surface area contributed by atoms with Crippen LogP contribution in [0.3, 0.4) is 0 Å². The summed E-state index contributed by atoms with van der Waals surface area (Å²) in [5.41, 5.74) is 2.61. The van der Waals surface area contributed by atoms with Crippen LogP contribution in [0.25, 0.3) is 0 Å². The molecule has 0 unspecified atom stereocenters. The summed E-state index contributed by atoms with van der Waals surface area (Å²) >= 11 is 0. The highest BCUT2D eigenvalue weighted by Gasteiger charge is 2.35. The van der Waals surface area contributed by atoms with Gasteiger partial charge in [0.15, 0.2) is 5.82 Å². The third-order valence-electron chi connectivity index (χ3n) is 6.02. The summed E-state index contributed by atoms with van der Waals surface area (Å²) < 4.78 is 18.8. The molecule has 2 aliphatic rings. The molecule has 8 heteroatoms. The normalized spacial score (nSPS) is 18.4. The number of halogens is 1. The minimum absolute atomic E-state index is 0.0180. The van der Waals surface area contributed by atoms with E-state index in [0.717, 1.165) is 29.7 Å². The summed E-state index contributed by atoms with van der Waals surface area (Å²) in [6, 6.07) is 5.91. The van der Waals surface area contributed by atoms with Gasteiger partial charge in [0.25, 0.3) is 0 Å². The van der Waals surface area contributed by atoms with Crippen molar-refractivity contribution in [2.24, 2.45) is 0 Å². The zero-order chi connectivity index (χ0) is 22.8. The number of anilines is 1. The molecule has 7 nitrogen and oxygen atoms in total. The molecule has 2 aliphatic heterocycles. The van der Waals surface area contributed by atoms with Gasteiger partial charge >= 0.3 is 0 Å². The van der Waals surface area contributed by atoms with Gasteiger partial charge in [0.05, 0.1) is 18.7 Å². The quantitative estimate of drug-likeness (QED) is 0.687. The molecule has 2 amide bonds. The molecule has 1 atom stereocenters. The number of carbonyl (C=O) groups is 2. The van der Waals surface area contributed by atoms with Gasteiger partial charge in [-0.2, -0.15) is 0 Å². The molecule has 170 valence electrons. The van der Waals surface area contributed by atoms with E-state index in [0.29, 0.717) is 37.6 Å². The highest BCUT2D eigenvalue weighted by Crippen LogP contribution is 2.35. The maximum absolute atomic E-state index is 13.3. The highest BCUT2D eigenvalue weighted by molar-refractivity contribution is 5.95. The number of carbonyl (C=O) groups excluding carboxylic acids is 2. The van der Waals surface area contributed by atoms with Gasteiger partial charge in [-0.25, -0.2) is 14.4 Å². The van der Waals surface area contributed by atoms with Gasteiger partial charge in [-0.05, 0) is 57.7 Å². The number of fused-ring (bicyclic) bond motifs is 1. The van der Waals surface area contributed by atoms with E-state index in [1.165, 1.54) is 12.1 Å². The average Bonchev–Trinajstić information content (AvgIpc) is 3.25. The van der Waals surface area contributed by atoms with Gasteiger partial charge in [0.2, 0.25) is 11.8 Å². The second kappa shape index (κ2) is 9.32. The largest absolute Gasteiger partial charge is 0.369 e. The molecule has 0 spiro atoms. The van der Waals surface area contributed by atoms with Gasteiger partial charge in [-0.15, -0.1) is 0 Å². The third kappa shape index (κ3) is 4.65. The molecule has 4 rings (SSSR count). The lowest BCUT2D eigenvalue weighted by molar-refractivity contribution is -0.138. The van der Waals surface area contributed by atoms with Gasteiger partial charge < -0.3 is 9.64 Å². The van der Waals surface area contributed by atoms with Crippen LogP contribution in [0.4, 0.5) is 10.2 Å². The smallest absolute Gasteiger partial charge is 0.249 e. The Morgan fingerprint density at radius 1 is 1.22 bits per heavy atom. The first-order chi connectivity index (χ1) is 15.3. The van der Waals surface area contributed by atoms with Crippen molar-refractivity contribution >= 4 is 17.6 Å². The van der Waals surface area contributed by atoms with Crippen LogP contribution in [-0.2, 0) is 27.3 Å². The zero-order valence-corrected chi connectivity index (χ0v) is 18.8. The predicted octanol–water partition coefficient (Wildman–Crippen LogP) is 3.49. The van der Waals surface area contributed by atoms with Crippen LogP contribution < -0.4 is 4.90 Å². The Morgan fingerprint density at radius 2 is 1.97 bits per heavy atom. The number of nitrogens with zero attached hydrogens (tertiary/aromatic N) is 4. The fourth-order valence-corrected chi connectivity index (χ4v) is 4.34. The highest BCUT2D eigenvalue weighted by atomic mass is 19.1. The number of hydrogen-bond donors (Lipinski definition) is 0. The first-order valence-corrected chi connectivity index (χ1v) is 11.2. The van der Waals surface area contributed by atoms with E-state index >= 15 is 0 Å². The number of aromatic nitrogens is 2. The number of rotatable bonds is 6. The zero-order valence-electron chi connectivity index (χ0n) is 18.8. The Kier molecular flexibility index (Phi) is 6.50. The van der Waals surface area contributed by atoms with Crippen LogP contribution >= 0.6 is 0 Å². The van der Waals surface area contributed by atoms with Crippen LogP contribution in [0.1, 0.15) is 61.8 Å². The Hall–Kier alpha value is -2.87. The minimum atomic E-state index is -0.313. The number of aryl methyl sites for hydroxylation is 1. The van der Waals surface area contributed by atoms with E-state index in [9.17, 15) is 14.0 Å². The summed E-state index contributed by atoms with van der Waals surface area (Å²) in [7, 11) is 0. The van der Waals surface area contributed by atoms with Crippen molar-refractivity contribution in [3.05, 3.63) is 52.7 Å². The first-order valence-electron chi connectivity index (χ1n) is 11.2. The molecular weight excluding hydrogens is 411 g/mol. The summed E-state index contributed by atoms with van der Waals surface area (Å²) in [5.74, 6) is 0.767.